The van der Waals surface area contributed by atoms with Crippen molar-refractivity contribution in [1.82, 2.24) is 0 Å². The summed E-state index contributed by atoms with van der Waals surface area (Å²) in [5.74, 6) is 2.37. The summed E-state index contributed by atoms with van der Waals surface area (Å²) >= 11 is 0. The molecular weight excluding hydrogens is 520 g/mol. The van der Waals surface area contributed by atoms with E-state index in [-0.39, 0.29) is 28.9 Å². The molecule has 39 heavy (non-hydrogen) atoms. The molecule has 0 unspecified atom stereocenters. The Bertz CT molecular complexity index is 1520. The molecule has 8 nitrogen and oxygen atoms in total. The van der Waals surface area contributed by atoms with Crippen LogP contribution in [0, 0.1) is 0 Å². The molecule has 0 bridgehead atoms. The summed E-state index contributed by atoms with van der Waals surface area (Å²) in [5, 5.41) is 0. The Hall–Kier alpha value is -4.11. The third kappa shape index (κ3) is 5.68. The van der Waals surface area contributed by atoms with E-state index in [1.54, 1.807) is 12.1 Å². The van der Waals surface area contributed by atoms with Crippen LogP contribution in [0.3, 0.4) is 0 Å². The quantitative estimate of drug-likeness (QED) is 0.200. The smallest absolute Gasteiger partial charge is 0.339 e. The summed E-state index contributed by atoms with van der Waals surface area (Å²) in [4.78, 5) is -0.0982. The van der Waals surface area contributed by atoms with E-state index in [1.165, 1.54) is 39.5 Å². The average molecular weight is 553 g/mol. The van der Waals surface area contributed by atoms with Crippen LogP contribution in [0.15, 0.2) is 53.9 Å². The Labute approximate surface area is 229 Å². The zero-order chi connectivity index (χ0) is 28.2. The lowest BCUT2D eigenvalue weighted by Crippen LogP contribution is -2.12. The number of hydrogen-bond donors (Lipinski definition) is 0. The second-order valence-corrected chi connectivity index (χ2v) is 10.3. The van der Waals surface area contributed by atoms with Crippen LogP contribution >= 0.6 is 0 Å². The predicted molar refractivity (Wildman–Crippen MR) is 151 cm³/mol. The van der Waals surface area contributed by atoms with Crippen molar-refractivity contribution in [3.05, 3.63) is 71.3 Å². The van der Waals surface area contributed by atoms with Crippen molar-refractivity contribution in [3.63, 3.8) is 0 Å². The standard InChI is InChI=1S/C30H32O8S/c1-7-9-20-15-28-29(37-18-36-28)17-24(20)19(3)14-21-10-12-26(34-5)30(23(21)8-2)38-39(31,32)22-11-13-25(33-4)27(16-22)35-6/h8,10-17H,2,7,9,18H2,1,3-6H3/b19-14+. The number of allylic oxidation sites excluding steroid dienone is 1. The van der Waals surface area contributed by atoms with Gasteiger partial charge >= 0.3 is 10.1 Å². The number of hydrogen-bond acceptors (Lipinski definition) is 8. The number of ether oxygens (including phenoxy) is 5. The molecule has 9 heteroatoms. The molecule has 1 aliphatic heterocycles. The Kier molecular flexibility index (Phi) is 8.40. The number of aryl methyl sites for hydroxylation is 1. The first-order chi connectivity index (χ1) is 18.8. The average Bonchev–Trinajstić information content (AvgIpc) is 3.40. The lowest BCUT2D eigenvalue weighted by molar-refractivity contribution is 0.174. The first-order valence-electron chi connectivity index (χ1n) is 12.4. The van der Waals surface area contributed by atoms with Crippen molar-refractivity contribution < 1.29 is 36.3 Å². The van der Waals surface area contributed by atoms with E-state index in [4.69, 9.17) is 27.9 Å². The van der Waals surface area contributed by atoms with Gasteiger partial charge in [0.2, 0.25) is 6.79 Å². The second-order valence-electron chi connectivity index (χ2n) is 8.80. The van der Waals surface area contributed by atoms with E-state index in [9.17, 15) is 8.42 Å². The fraction of sp³-hybridized carbons (Fsp3) is 0.267. The Morgan fingerprint density at radius 2 is 1.62 bits per heavy atom. The van der Waals surface area contributed by atoms with E-state index in [1.807, 2.05) is 31.2 Å². The molecule has 3 aromatic carbocycles. The van der Waals surface area contributed by atoms with Crippen molar-refractivity contribution in [2.24, 2.45) is 0 Å². The minimum absolute atomic E-state index is 0.0308. The summed E-state index contributed by atoms with van der Waals surface area (Å²) in [6.07, 6.45) is 5.34. The van der Waals surface area contributed by atoms with Gasteiger partial charge in [0.05, 0.1) is 21.3 Å². The van der Waals surface area contributed by atoms with Crippen LogP contribution in [0.1, 0.15) is 42.5 Å². The third-order valence-corrected chi connectivity index (χ3v) is 7.59. The van der Waals surface area contributed by atoms with Gasteiger partial charge in [0.1, 0.15) is 4.90 Å². The van der Waals surface area contributed by atoms with E-state index in [0.29, 0.717) is 22.6 Å². The highest BCUT2D eigenvalue weighted by Crippen LogP contribution is 2.41. The monoisotopic (exact) mass is 552 g/mol. The van der Waals surface area contributed by atoms with Crippen LogP contribution < -0.4 is 27.9 Å². The lowest BCUT2D eigenvalue weighted by atomic mass is 9.94. The summed E-state index contributed by atoms with van der Waals surface area (Å²) < 4.78 is 59.5. The Morgan fingerprint density at radius 3 is 2.26 bits per heavy atom. The van der Waals surface area contributed by atoms with Crippen LogP contribution in [0.2, 0.25) is 0 Å². The molecule has 0 aliphatic carbocycles. The van der Waals surface area contributed by atoms with Crippen LogP contribution in [-0.2, 0) is 16.5 Å². The zero-order valence-corrected chi connectivity index (χ0v) is 23.5. The SMILES string of the molecule is C=Cc1c(/C=C(\C)c2cc3c(cc2CCC)OCO3)ccc(OC)c1OS(=O)(=O)c1ccc(OC)c(OC)c1. The molecule has 0 spiro atoms. The molecule has 0 atom stereocenters. The minimum Gasteiger partial charge on any atom is -0.493 e. The molecule has 0 radical (unpaired) electrons. The second kappa shape index (κ2) is 11.7. The molecule has 0 saturated carbocycles. The van der Waals surface area contributed by atoms with E-state index in [0.717, 1.165) is 35.3 Å². The maximum atomic E-state index is 13.3. The van der Waals surface area contributed by atoms with Gasteiger partial charge in [-0.2, -0.15) is 8.42 Å². The molecule has 0 amide bonds. The van der Waals surface area contributed by atoms with Crippen molar-refractivity contribution in [3.8, 4) is 34.5 Å². The summed E-state index contributed by atoms with van der Waals surface area (Å²) in [5.41, 5.74) is 4.29. The number of fused-ring (bicyclic) bond motifs is 1. The van der Waals surface area contributed by atoms with Crippen molar-refractivity contribution >= 4 is 27.8 Å². The fourth-order valence-corrected chi connectivity index (χ4v) is 5.42. The highest BCUT2D eigenvalue weighted by atomic mass is 32.2. The Morgan fingerprint density at radius 1 is 0.949 bits per heavy atom. The molecule has 0 fully saturated rings. The summed E-state index contributed by atoms with van der Waals surface area (Å²) in [7, 11) is 0.0786. The van der Waals surface area contributed by atoms with Gasteiger partial charge in [-0.3, -0.25) is 0 Å². The van der Waals surface area contributed by atoms with Gasteiger partial charge in [0.25, 0.3) is 0 Å². The van der Waals surface area contributed by atoms with Gasteiger partial charge in [-0.05, 0) is 65.9 Å². The molecule has 0 aromatic heterocycles. The molecular formula is C30H32O8S. The molecule has 206 valence electrons. The van der Waals surface area contributed by atoms with Crippen molar-refractivity contribution in [2.45, 2.75) is 31.6 Å². The van der Waals surface area contributed by atoms with Gasteiger partial charge in [-0.1, -0.05) is 38.1 Å². The van der Waals surface area contributed by atoms with Gasteiger partial charge in [0.15, 0.2) is 34.5 Å². The maximum absolute atomic E-state index is 13.3. The first kappa shape index (κ1) is 27.9. The number of benzene rings is 3. The summed E-state index contributed by atoms with van der Waals surface area (Å²) in [6, 6.07) is 11.7. The molecule has 1 heterocycles. The van der Waals surface area contributed by atoms with Crippen LogP contribution in [-0.4, -0.2) is 36.5 Å². The maximum Gasteiger partial charge on any atom is 0.339 e. The van der Waals surface area contributed by atoms with E-state index >= 15 is 0 Å². The molecule has 4 rings (SSSR count). The first-order valence-corrected chi connectivity index (χ1v) is 13.8. The van der Waals surface area contributed by atoms with Crippen LogP contribution in [0.5, 0.6) is 34.5 Å². The molecule has 0 saturated heterocycles. The molecule has 0 N–H and O–H groups in total. The van der Waals surface area contributed by atoms with E-state index < -0.39 is 10.1 Å². The third-order valence-electron chi connectivity index (χ3n) is 6.37. The topological polar surface area (TPSA) is 89.5 Å². The van der Waals surface area contributed by atoms with Crippen LogP contribution in [0.25, 0.3) is 17.7 Å². The van der Waals surface area contributed by atoms with Crippen molar-refractivity contribution in [2.75, 3.05) is 28.1 Å². The van der Waals surface area contributed by atoms with Crippen molar-refractivity contribution in [1.29, 1.82) is 0 Å². The van der Waals surface area contributed by atoms with Gasteiger partial charge in [0, 0.05) is 11.6 Å². The highest BCUT2D eigenvalue weighted by Gasteiger charge is 2.24. The molecule has 3 aromatic rings. The van der Waals surface area contributed by atoms with E-state index in [2.05, 4.69) is 13.5 Å². The van der Waals surface area contributed by atoms with Gasteiger partial charge < -0.3 is 27.9 Å². The minimum atomic E-state index is -4.27. The zero-order valence-electron chi connectivity index (χ0n) is 22.7. The molecule has 1 aliphatic rings. The largest absolute Gasteiger partial charge is 0.493 e. The fourth-order valence-electron chi connectivity index (χ4n) is 4.45. The predicted octanol–water partition coefficient (Wildman–Crippen LogP) is 6.36. The summed E-state index contributed by atoms with van der Waals surface area (Å²) in [6.45, 7) is 8.23. The van der Waals surface area contributed by atoms with Crippen LogP contribution in [0.4, 0.5) is 0 Å². The van der Waals surface area contributed by atoms with Gasteiger partial charge in [-0.25, -0.2) is 0 Å². The number of rotatable bonds is 11. The highest BCUT2D eigenvalue weighted by molar-refractivity contribution is 7.87. The lowest BCUT2D eigenvalue weighted by Gasteiger charge is -2.17. The number of methoxy groups -OCH3 is 3. The van der Waals surface area contributed by atoms with Gasteiger partial charge in [-0.15, -0.1) is 0 Å². The normalized spacial score (nSPS) is 12.7. The Balaban J connectivity index is 1.78.